The van der Waals surface area contributed by atoms with Crippen LogP contribution in [-0.2, 0) is 26.0 Å². The molecule has 0 saturated heterocycles. The van der Waals surface area contributed by atoms with Gasteiger partial charge in [-0.2, -0.15) is 5.10 Å². The molecule has 10 heteroatoms. The number of hydrogen-bond acceptors (Lipinski definition) is 5. The Morgan fingerprint density at radius 1 is 1.36 bits per heavy atom. The van der Waals surface area contributed by atoms with Gasteiger partial charge in [0.15, 0.2) is 14.6 Å². The Balaban J connectivity index is 2.07. The number of hydroxylamine groups is 1. The van der Waals surface area contributed by atoms with E-state index in [-0.39, 0.29) is 6.42 Å². The molecule has 28 heavy (non-hydrogen) atoms. The zero-order valence-electron chi connectivity index (χ0n) is 17.0. The molecule has 0 unspecified atom stereocenters. The molecule has 0 spiro atoms. The van der Waals surface area contributed by atoms with Crippen LogP contribution in [0.25, 0.3) is 10.9 Å². The Bertz CT molecular complexity index is 955. The molecule has 0 bridgehead atoms. The molecular formula is C18H28IN3O4SSi. The van der Waals surface area contributed by atoms with Crippen molar-refractivity contribution in [3.05, 3.63) is 28.0 Å². The highest BCUT2D eigenvalue weighted by Gasteiger charge is 2.43. The Hall–Kier alpha value is -0.983. The molecule has 0 fully saturated rings. The molecule has 0 saturated carbocycles. The third kappa shape index (κ3) is 6.01. The number of aromatic nitrogens is 2. The molecule has 0 aliphatic carbocycles. The summed E-state index contributed by atoms with van der Waals surface area (Å²) >= 11 is 2.23. The average molecular weight is 537 g/mol. The van der Waals surface area contributed by atoms with E-state index in [1.165, 1.54) is 6.92 Å². The van der Waals surface area contributed by atoms with Gasteiger partial charge in [-0.25, -0.2) is 13.9 Å². The van der Waals surface area contributed by atoms with Crippen LogP contribution < -0.4 is 5.48 Å². The van der Waals surface area contributed by atoms with Crippen molar-refractivity contribution in [3.8, 4) is 0 Å². The molecule has 0 aliphatic heterocycles. The van der Waals surface area contributed by atoms with Crippen molar-refractivity contribution in [3.63, 3.8) is 0 Å². The number of sulfone groups is 1. The summed E-state index contributed by atoms with van der Waals surface area (Å²) in [4.78, 5) is 17.9. The Labute approximate surface area is 181 Å². The van der Waals surface area contributed by atoms with Crippen molar-refractivity contribution in [1.82, 2.24) is 15.3 Å². The minimum absolute atomic E-state index is 0.0973. The van der Waals surface area contributed by atoms with Gasteiger partial charge < -0.3 is 0 Å². The first-order valence-corrected chi connectivity index (χ1v) is 15.7. The van der Waals surface area contributed by atoms with Crippen LogP contribution in [0.1, 0.15) is 13.3 Å². The molecule has 1 aromatic carbocycles. The SMILES string of the molecule is C[C@@](CCn1cc2cc(I)ccc2n1)(C(=O)NOCC[Si](C)(C)C)S(C)(=O)=O. The van der Waals surface area contributed by atoms with Crippen molar-refractivity contribution >= 4 is 57.3 Å². The number of rotatable bonds is 9. The second-order valence-electron chi connectivity index (χ2n) is 8.44. The van der Waals surface area contributed by atoms with Crippen LogP contribution in [0, 0.1) is 3.57 Å². The fourth-order valence-electron chi connectivity index (χ4n) is 2.54. The van der Waals surface area contributed by atoms with Gasteiger partial charge in [0.25, 0.3) is 5.91 Å². The number of carbonyl (C=O) groups is 1. The lowest BCUT2D eigenvalue weighted by Crippen LogP contribution is -2.50. The minimum atomic E-state index is -3.66. The number of halogens is 1. The first-order chi connectivity index (χ1) is 12.8. The lowest BCUT2D eigenvalue weighted by atomic mass is 10.1. The molecule has 0 radical (unpaired) electrons. The zero-order chi connectivity index (χ0) is 21.2. The number of fused-ring (bicyclic) bond motifs is 1. The van der Waals surface area contributed by atoms with Crippen molar-refractivity contribution in [2.24, 2.45) is 0 Å². The molecule has 1 heterocycles. The second-order valence-corrected chi connectivity index (χ2v) is 17.8. The first-order valence-electron chi connectivity index (χ1n) is 9.06. The molecule has 1 amide bonds. The van der Waals surface area contributed by atoms with Gasteiger partial charge in [-0.1, -0.05) is 19.6 Å². The highest BCUT2D eigenvalue weighted by atomic mass is 127. The molecule has 1 atom stereocenters. The van der Waals surface area contributed by atoms with Crippen molar-refractivity contribution in [2.45, 2.75) is 50.3 Å². The zero-order valence-corrected chi connectivity index (χ0v) is 20.9. The molecular weight excluding hydrogens is 509 g/mol. The number of nitrogens with one attached hydrogen (secondary N) is 1. The van der Waals surface area contributed by atoms with Gasteiger partial charge in [-0.3, -0.25) is 14.3 Å². The maximum Gasteiger partial charge on any atom is 0.264 e. The summed E-state index contributed by atoms with van der Waals surface area (Å²) in [6.07, 6.45) is 3.04. The van der Waals surface area contributed by atoms with E-state index in [4.69, 9.17) is 4.84 Å². The van der Waals surface area contributed by atoms with Gasteiger partial charge in [0.2, 0.25) is 0 Å². The van der Waals surface area contributed by atoms with Gasteiger partial charge in [-0.05, 0) is 60.2 Å². The van der Waals surface area contributed by atoms with E-state index >= 15 is 0 Å². The molecule has 7 nitrogen and oxygen atoms in total. The summed E-state index contributed by atoms with van der Waals surface area (Å²) in [5.74, 6) is -0.642. The van der Waals surface area contributed by atoms with Crippen LogP contribution in [0.15, 0.2) is 24.4 Å². The first kappa shape index (κ1) is 23.3. The maximum absolute atomic E-state index is 12.6. The number of carbonyl (C=O) groups excluding carboxylic acids is 1. The van der Waals surface area contributed by atoms with E-state index < -0.39 is 28.6 Å². The largest absolute Gasteiger partial charge is 0.274 e. The van der Waals surface area contributed by atoms with Gasteiger partial charge in [0, 0.05) is 36.0 Å². The lowest BCUT2D eigenvalue weighted by Gasteiger charge is -2.26. The minimum Gasteiger partial charge on any atom is -0.274 e. The summed E-state index contributed by atoms with van der Waals surface area (Å²) in [6, 6.07) is 6.77. The Kier molecular flexibility index (Phi) is 7.32. The van der Waals surface area contributed by atoms with Gasteiger partial charge in [0.1, 0.15) is 0 Å². The third-order valence-electron chi connectivity index (χ3n) is 4.75. The molecule has 1 aromatic heterocycles. The van der Waals surface area contributed by atoms with Crippen LogP contribution in [0.2, 0.25) is 25.7 Å². The summed E-state index contributed by atoms with van der Waals surface area (Å²) in [5.41, 5.74) is 3.18. The van der Waals surface area contributed by atoms with Gasteiger partial charge >= 0.3 is 0 Å². The van der Waals surface area contributed by atoms with Gasteiger partial charge in [0.05, 0.1) is 12.1 Å². The molecule has 2 aromatic rings. The van der Waals surface area contributed by atoms with Crippen molar-refractivity contribution in [2.75, 3.05) is 12.9 Å². The normalized spacial score (nSPS) is 14.8. The quantitative estimate of drug-likeness (QED) is 0.230. The fourth-order valence-corrected chi connectivity index (χ4v) is 4.61. The predicted octanol–water partition coefficient (Wildman–Crippen LogP) is 3.22. The van der Waals surface area contributed by atoms with E-state index in [9.17, 15) is 13.2 Å². The average Bonchev–Trinajstić information content (AvgIpc) is 2.96. The van der Waals surface area contributed by atoms with Crippen LogP contribution in [-0.4, -0.2) is 49.8 Å². The number of aryl methyl sites for hydroxylation is 1. The lowest BCUT2D eigenvalue weighted by molar-refractivity contribution is -0.135. The Morgan fingerprint density at radius 3 is 2.64 bits per heavy atom. The number of amides is 1. The summed E-state index contributed by atoms with van der Waals surface area (Å²) < 4.78 is 26.0. The van der Waals surface area contributed by atoms with Crippen LogP contribution in [0.5, 0.6) is 0 Å². The van der Waals surface area contributed by atoms with E-state index in [1.54, 1.807) is 4.68 Å². The standard InChI is InChI=1S/C18H28IN3O4SSi/c1-18(27(2,24)25,17(23)21-26-10-11-28(3,4)5)8-9-22-13-14-12-15(19)6-7-16(14)20-22/h6-7,12-13H,8-11H2,1-5H3,(H,21,23)/t18-/m1/s1. The van der Waals surface area contributed by atoms with E-state index in [2.05, 4.69) is 52.8 Å². The Morgan fingerprint density at radius 2 is 2.04 bits per heavy atom. The van der Waals surface area contributed by atoms with Crippen molar-refractivity contribution in [1.29, 1.82) is 0 Å². The predicted molar refractivity (Wildman–Crippen MR) is 123 cm³/mol. The number of nitrogens with zero attached hydrogens (tertiary/aromatic N) is 2. The summed E-state index contributed by atoms with van der Waals surface area (Å²) in [7, 11) is -4.96. The van der Waals surface area contributed by atoms with Crippen molar-refractivity contribution < 1.29 is 18.0 Å². The molecule has 156 valence electrons. The second kappa shape index (κ2) is 8.80. The maximum atomic E-state index is 12.6. The fraction of sp³-hybridized carbons (Fsp3) is 0.556. The third-order valence-corrected chi connectivity index (χ3v) is 9.15. The molecule has 0 aliphatic rings. The van der Waals surface area contributed by atoms with Crippen LogP contribution >= 0.6 is 22.6 Å². The monoisotopic (exact) mass is 537 g/mol. The van der Waals surface area contributed by atoms with E-state index in [1.807, 2.05) is 24.4 Å². The number of hydrogen-bond donors (Lipinski definition) is 1. The highest BCUT2D eigenvalue weighted by molar-refractivity contribution is 14.1. The van der Waals surface area contributed by atoms with Crippen LogP contribution in [0.3, 0.4) is 0 Å². The summed E-state index contributed by atoms with van der Waals surface area (Å²) in [6.45, 7) is 8.73. The highest BCUT2D eigenvalue weighted by Crippen LogP contribution is 2.23. The van der Waals surface area contributed by atoms with Crippen LogP contribution in [0.4, 0.5) is 0 Å². The topological polar surface area (TPSA) is 90.3 Å². The van der Waals surface area contributed by atoms with E-state index in [0.29, 0.717) is 13.2 Å². The molecule has 2 rings (SSSR count). The van der Waals surface area contributed by atoms with Gasteiger partial charge in [-0.15, -0.1) is 0 Å². The smallest absolute Gasteiger partial charge is 0.264 e. The summed E-state index contributed by atoms with van der Waals surface area (Å²) in [5, 5.41) is 5.44. The molecule has 1 N–H and O–H groups in total. The van der Waals surface area contributed by atoms with E-state index in [0.717, 1.165) is 26.8 Å². The number of benzene rings is 1.